The molecule has 3 rings (SSSR count). The SMILES string of the molecule is C=CCOc1c(I)cc(/C=C2\C(=O)NC(=O)N(c3ccc(C(=O)OCC)cc3)C2=O)cc1OC. The van der Waals surface area contributed by atoms with Gasteiger partial charge in [0.15, 0.2) is 11.5 Å². The van der Waals surface area contributed by atoms with Gasteiger partial charge in [0, 0.05) is 0 Å². The summed E-state index contributed by atoms with van der Waals surface area (Å²) in [4.78, 5) is 50.7. The predicted molar refractivity (Wildman–Crippen MR) is 133 cm³/mol. The Morgan fingerprint density at radius 2 is 1.88 bits per heavy atom. The van der Waals surface area contributed by atoms with Gasteiger partial charge in [0.2, 0.25) is 0 Å². The Morgan fingerprint density at radius 1 is 1.18 bits per heavy atom. The molecular formula is C24H21IN2O7. The number of imide groups is 2. The van der Waals surface area contributed by atoms with E-state index in [1.807, 2.05) is 0 Å². The molecule has 9 nitrogen and oxygen atoms in total. The molecule has 0 bridgehead atoms. The molecule has 0 unspecified atom stereocenters. The molecular weight excluding hydrogens is 555 g/mol. The molecule has 0 aliphatic carbocycles. The first-order chi connectivity index (χ1) is 16.3. The molecule has 1 aliphatic rings. The topological polar surface area (TPSA) is 111 Å². The van der Waals surface area contributed by atoms with E-state index >= 15 is 0 Å². The van der Waals surface area contributed by atoms with Crippen molar-refractivity contribution >= 4 is 58.2 Å². The third-order valence-electron chi connectivity index (χ3n) is 4.65. The summed E-state index contributed by atoms with van der Waals surface area (Å²) in [6.07, 6.45) is 2.97. The van der Waals surface area contributed by atoms with Gasteiger partial charge in [0.05, 0.1) is 28.5 Å². The van der Waals surface area contributed by atoms with Crippen molar-refractivity contribution < 1.29 is 33.4 Å². The number of barbiturate groups is 1. The number of nitrogens with zero attached hydrogens (tertiary/aromatic N) is 1. The van der Waals surface area contributed by atoms with E-state index in [2.05, 4.69) is 34.5 Å². The van der Waals surface area contributed by atoms with E-state index in [0.29, 0.717) is 20.6 Å². The number of methoxy groups -OCH3 is 1. The fourth-order valence-corrected chi connectivity index (χ4v) is 3.91. The van der Waals surface area contributed by atoms with Crippen LogP contribution < -0.4 is 19.7 Å². The summed E-state index contributed by atoms with van der Waals surface area (Å²) in [7, 11) is 1.47. The van der Waals surface area contributed by atoms with Crippen molar-refractivity contribution in [2.75, 3.05) is 25.2 Å². The number of carbonyl (C=O) groups is 4. The number of halogens is 1. The third kappa shape index (κ3) is 5.28. The lowest BCUT2D eigenvalue weighted by molar-refractivity contribution is -0.122. The van der Waals surface area contributed by atoms with Crippen LogP contribution in [0.4, 0.5) is 10.5 Å². The number of urea groups is 1. The molecule has 2 aromatic carbocycles. The third-order valence-corrected chi connectivity index (χ3v) is 5.45. The van der Waals surface area contributed by atoms with Gasteiger partial charge in [-0.1, -0.05) is 12.7 Å². The van der Waals surface area contributed by atoms with E-state index in [0.717, 1.165) is 4.90 Å². The van der Waals surface area contributed by atoms with Crippen LogP contribution in [0.5, 0.6) is 11.5 Å². The Morgan fingerprint density at radius 3 is 2.50 bits per heavy atom. The molecule has 0 saturated carbocycles. The van der Waals surface area contributed by atoms with Crippen LogP contribution in [0.25, 0.3) is 6.08 Å². The Kier molecular flexibility index (Phi) is 8.05. The molecule has 1 heterocycles. The zero-order valence-corrected chi connectivity index (χ0v) is 20.6. The van der Waals surface area contributed by atoms with Gasteiger partial charge in [-0.05, 0) is 77.6 Å². The molecule has 0 aromatic heterocycles. The summed E-state index contributed by atoms with van der Waals surface area (Å²) in [6.45, 7) is 5.80. The molecule has 0 radical (unpaired) electrons. The molecule has 4 amide bonds. The number of benzene rings is 2. The fraction of sp³-hybridized carbons (Fsp3) is 0.167. The van der Waals surface area contributed by atoms with Gasteiger partial charge in [0.25, 0.3) is 11.8 Å². The largest absolute Gasteiger partial charge is 0.493 e. The van der Waals surface area contributed by atoms with Crippen LogP contribution in [0.2, 0.25) is 0 Å². The maximum Gasteiger partial charge on any atom is 0.338 e. The minimum atomic E-state index is -0.892. The number of hydrogen-bond donors (Lipinski definition) is 1. The first-order valence-corrected chi connectivity index (χ1v) is 11.2. The summed E-state index contributed by atoms with van der Waals surface area (Å²) in [6, 6.07) is 8.15. The minimum absolute atomic E-state index is 0.189. The van der Waals surface area contributed by atoms with E-state index < -0.39 is 23.8 Å². The molecule has 34 heavy (non-hydrogen) atoms. The maximum absolute atomic E-state index is 13.1. The summed E-state index contributed by atoms with van der Waals surface area (Å²) < 4.78 is 16.6. The van der Waals surface area contributed by atoms with Crippen LogP contribution >= 0.6 is 22.6 Å². The molecule has 0 spiro atoms. The highest BCUT2D eigenvalue weighted by Gasteiger charge is 2.37. The number of carbonyl (C=O) groups excluding carboxylic acids is 4. The second kappa shape index (κ2) is 11.0. The number of ether oxygens (including phenoxy) is 3. The quantitative estimate of drug-likeness (QED) is 0.168. The first-order valence-electron chi connectivity index (χ1n) is 10.1. The number of anilines is 1. The molecule has 10 heteroatoms. The summed E-state index contributed by atoms with van der Waals surface area (Å²) in [5.74, 6) is -1.24. The van der Waals surface area contributed by atoms with Crippen molar-refractivity contribution in [2.24, 2.45) is 0 Å². The average molecular weight is 576 g/mol. The normalized spacial score (nSPS) is 14.6. The standard InChI is InChI=1S/C24H21IN2O7/c1-4-10-34-20-18(25)12-14(13-19(20)32-3)11-17-21(28)26-24(31)27(22(17)29)16-8-6-15(7-9-16)23(30)33-5-2/h4,6-9,11-13H,1,5,10H2,2-3H3,(H,26,28,31)/b17-11+. The van der Waals surface area contributed by atoms with Crippen LogP contribution in [0.15, 0.2) is 54.6 Å². The summed E-state index contributed by atoms with van der Waals surface area (Å²) in [5.41, 5.74) is 0.710. The van der Waals surface area contributed by atoms with E-state index in [4.69, 9.17) is 14.2 Å². The second-order valence-electron chi connectivity index (χ2n) is 6.86. The number of amides is 4. The highest BCUT2D eigenvalue weighted by molar-refractivity contribution is 14.1. The monoisotopic (exact) mass is 576 g/mol. The molecule has 1 aliphatic heterocycles. The molecule has 1 saturated heterocycles. The maximum atomic E-state index is 13.1. The van der Waals surface area contributed by atoms with Crippen molar-refractivity contribution in [3.05, 3.63) is 69.3 Å². The average Bonchev–Trinajstić information content (AvgIpc) is 2.81. The van der Waals surface area contributed by atoms with Crippen LogP contribution in [0.3, 0.4) is 0 Å². The highest BCUT2D eigenvalue weighted by Crippen LogP contribution is 2.35. The van der Waals surface area contributed by atoms with Gasteiger partial charge in [-0.25, -0.2) is 14.5 Å². The van der Waals surface area contributed by atoms with Gasteiger partial charge in [-0.15, -0.1) is 0 Å². The van der Waals surface area contributed by atoms with Crippen molar-refractivity contribution in [1.29, 1.82) is 0 Å². The molecule has 2 aromatic rings. The van der Waals surface area contributed by atoms with Gasteiger partial charge >= 0.3 is 12.0 Å². The number of hydrogen-bond acceptors (Lipinski definition) is 7. The van der Waals surface area contributed by atoms with Gasteiger partial charge in [0.1, 0.15) is 12.2 Å². The Bertz CT molecular complexity index is 1190. The van der Waals surface area contributed by atoms with Gasteiger partial charge in [-0.2, -0.15) is 0 Å². The number of rotatable bonds is 8. The molecule has 1 fully saturated rings. The van der Waals surface area contributed by atoms with Crippen LogP contribution in [0.1, 0.15) is 22.8 Å². The van der Waals surface area contributed by atoms with Gasteiger partial charge < -0.3 is 14.2 Å². The van der Waals surface area contributed by atoms with Crippen LogP contribution in [0, 0.1) is 3.57 Å². The van der Waals surface area contributed by atoms with Crippen LogP contribution in [-0.2, 0) is 14.3 Å². The molecule has 0 atom stereocenters. The van der Waals surface area contributed by atoms with Crippen molar-refractivity contribution in [3.63, 3.8) is 0 Å². The minimum Gasteiger partial charge on any atom is -0.493 e. The van der Waals surface area contributed by atoms with E-state index in [-0.39, 0.29) is 30.0 Å². The summed E-state index contributed by atoms with van der Waals surface area (Å²) in [5, 5.41) is 2.17. The first kappa shape index (κ1) is 25.0. The van der Waals surface area contributed by atoms with E-state index in [1.54, 1.807) is 25.1 Å². The fourth-order valence-electron chi connectivity index (χ4n) is 3.13. The van der Waals surface area contributed by atoms with Crippen molar-refractivity contribution in [1.82, 2.24) is 5.32 Å². The smallest absolute Gasteiger partial charge is 0.338 e. The summed E-state index contributed by atoms with van der Waals surface area (Å²) >= 11 is 2.05. The number of nitrogens with one attached hydrogen (secondary N) is 1. The highest BCUT2D eigenvalue weighted by atomic mass is 127. The zero-order valence-electron chi connectivity index (χ0n) is 18.4. The Labute approximate surface area is 209 Å². The zero-order chi connectivity index (χ0) is 24.8. The Hall–Kier alpha value is -3.67. The van der Waals surface area contributed by atoms with Crippen molar-refractivity contribution in [3.8, 4) is 11.5 Å². The molecule has 176 valence electrons. The molecule has 1 N–H and O–H groups in total. The predicted octanol–water partition coefficient (Wildman–Crippen LogP) is 3.71. The van der Waals surface area contributed by atoms with E-state index in [1.165, 1.54) is 37.5 Å². The second-order valence-corrected chi connectivity index (χ2v) is 8.02. The number of esters is 1. The van der Waals surface area contributed by atoms with Crippen LogP contribution in [-0.4, -0.2) is 44.1 Å². The lowest BCUT2D eigenvalue weighted by atomic mass is 10.1. The van der Waals surface area contributed by atoms with Crippen molar-refractivity contribution in [2.45, 2.75) is 6.92 Å². The lowest BCUT2D eigenvalue weighted by Crippen LogP contribution is -2.54. The van der Waals surface area contributed by atoms with Gasteiger partial charge in [-0.3, -0.25) is 14.9 Å². The Balaban J connectivity index is 1.95. The van der Waals surface area contributed by atoms with E-state index in [9.17, 15) is 19.2 Å². The lowest BCUT2D eigenvalue weighted by Gasteiger charge is -2.26.